The molecule has 0 aliphatic rings. The smallest absolute Gasteiger partial charge is 0.190 e. The molecule has 0 atom stereocenters. The van der Waals surface area contributed by atoms with Crippen molar-refractivity contribution >= 4 is 5.96 Å². The first-order chi connectivity index (χ1) is 12.7. The molecule has 140 valence electrons. The highest BCUT2D eigenvalue weighted by Crippen LogP contribution is 2.27. The van der Waals surface area contributed by atoms with E-state index in [2.05, 4.69) is 26.7 Å². The molecule has 0 saturated carbocycles. The van der Waals surface area contributed by atoms with E-state index in [-0.39, 0.29) is 0 Å². The van der Waals surface area contributed by atoms with E-state index in [1.165, 1.54) is 11.1 Å². The first-order valence-electron chi connectivity index (χ1n) is 8.73. The number of hydrogen-bond acceptors (Lipinski definition) is 4. The highest BCUT2D eigenvalue weighted by Gasteiger charge is 2.05. The van der Waals surface area contributed by atoms with Crippen molar-refractivity contribution in [3.63, 3.8) is 0 Å². The van der Waals surface area contributed by atoms with Crippen molar-refractivity contribution in [2.45, 2.75) is 19.8 Å². The van der Waals surface area contributed by atoms with E-state index in [0.29, 0.717) is 0 Å². The van der Waals surface area contributed by atoms with Gasteiger partial charge in [0.25, 0.3) is 0 Å². The lowest BCUT2D eigenvalue weighted by molar-refractivity contribution is 0.354. The van der Waals surface area contributed by atoms with Crippen LogP contribution >= 0.6 is 0 Å². The minimum Gasteiger partial charge on any atom is -0.493 e. The standard InChI is InChI=1S/C20H28N4O2/c1-15-5-6-17(14-24-15)10-12-23-20(21-2)22-11-9-16-7-8-18(25-3)19(13-16)26-4/h5-8,13-14H,9-12H2,1-4H3,(H2,21,22,23). The number of hydrogen-bond donors (Lipinski definition) is 2. The van der Waals surface area contributed by atoms with E-state index < -0.39 is 0 Å². The number of aryl methyl sites for hydroxylation is 1. The Labute approximate surface area is 155 Å². The highest BCUT2D eigenvalue weighted by atomic mass is 16.5. The van der Waals surface area contributed by atoms with Crippen LogP contribution in [0.15, 0.2) is 41.5 Å². The molecule has 0 spiro atoms. The monoisotopic (exact) mass is 356 g/mol. The molecule has 0 aliphatic heterocycles. The minimum absolute atomic E-state index is 0.743. The van der Waals surface area contributed by atoms with Crippen LogP contribution in [0.5, 0.6) is 11.5 Å². The van der Waals surface area contributed by atoms with Crippen molar-refractivity contribution in [1.82, 2.24) is 15.6 Å². The predicted octanol–water partition coefficient (Wildman–Crippen LogP) is 2.36. The van der Waals surface area contributed by atoms with Crippen LogP contribution in [-0.2, 0) is 12.8 Å². The zero-order chi connectivity index (χ0) is 18.8. The lowest BCUT2D eigenvalue weighted by Crippen LogP contribution is -2.39. The van der Waals surface area contributed by atoms with Gasteiger partial charge < -0.3 is 20.1 Å². The maximum absolute atomic E-state index is 5.34. The molecule has 0 amide bonds. The Morgan fingerprint density at radius 3 is 2.19 bits per heavy atom. The van der Waals surface area contributed by atoms with E-state index in [1.54, 1.807) is 21.3 Å². The number of ether oxygens (including phenoxy) is 2. The largest absolute Gasteiger partial charge is 0.493 e. The van der Waals surface area contributed by atoms with Gasteiger partial charge in [0.2, 0.25) is 0 Å². The summed E-state index contributed by atoms with van der Waals surface area (Å²) in [7, 11) is 5.07. The van der Waals surface area contributed by atoms with E-state index in [0.717, 1.165) is 49.1 Å². The van der Waals surface area contributed by atoms with Crippen molar-refractivity contribution in [1.29, 1.82) is 0 Å². The van der Waals surface area contributed by atoms with Gasteiger partial charge in [0.15, 0.2) is 17.5 Å². The molecule has 1 heterocycles. The summed E-state index contributed by atoms with van der Waals surface area (Å²) in [5.41, 5.74) is 3.43. The number of guanidine groups is 1. The van der Waals surface area contributed by atoms with Crippen LogP contribution in [0.1, 0.15) is 16.8 Å². The van der Waals surface area contributed by atoms with Crippen LogP contribution in [0, 0.1) is 6.92 Å². The summed E-state index contributed by atoms with van der Waals surface area (Å²) < 4.78 is 10.6. The topological polar surface area (TPSA) is 67.8 Å². The van der Waals surface area contributed by atoms with Crippen LogP contribution in [0.4, 0.5) is 0 Å². The molecule has 2 rings (SSSR count). The van der Waals surface area contributed by atoms with Crippen LogP contribution in [0.3, 0.4) is 0 Å². The van der Waals surface area contributed by atoms with Gasteiger partial charge in [-0.3, -0.25) is 9.98 Å². The third-order valence-corrected chi connectivity index (χ3v) is 4.06. The second-order valence-electron chi connectivity index (χ2n) is 5.92. The first-order valence-corrected chi connectivity index (χ1v) is 8.73. The molecule has 6 heteroatoms. The Hall–Kier alpha value is -2.76. The normalized spacial score (nSPS) is 11.2. The van der Waals surface area contributed by atoms with Crippen molar-refractivity contribution in [2.24, 2.45) is 4.99 Å². The zero-order valence-electron chi connectivity index (χ0n) is 16.0. The summed E-state index contributed by atoms with van der Waals surface area (Å²) in [5.74, 6) is 2.29. The number of aliphatic imine (C=N–C) groups is 1. The Morgan fingerprint density at radius 2 is 1.62 bits per heavy atom. The third-order valence-electron chi connectivity index (χ3n) is 4.06. The predicted molar refractivity (Wildman–Crippen MR) is 105 cm³/mol. The van der Waals surface area contributed by atoms with Gasteiger partial charge in [0.1, 0.15) is 0 Å². The fourth-order valence-electron chi connectivity index (χ4n) is 2.55. The van der Waals surface area contributed by atoms with Crippen LogP contribution < -0.4 is 20.1 Å². The molecule has 2 aromatic rings. The molecular weight excluding hydrogens is 328 g/mol. The van der Waals surface area contributed by atoms with Gasteiger partial charge in [-0.1, -0.05) is 12.1 Å². The summed E-state index contributed by atoms with van der Waals surface area (Å²) in [6.07, 6.45) is 3.69. The molecule has 1 aromatic heterocycles. The number of nitrogens with one attached hydrogen (secondary N) is 2. The first kappa shape index (κ1) is 19.6. The maximum atomic E-state index is 5.34. The van der Waals surface area contributed by atoms with Crippen molar-refractivity contribution in [3.8, 4) is 11.5 Å². The molecule has 0 radical (unpaired) electrons. The lowest BCUT2D eigenvalue weighted by atomic mass is 10.1. The van der Waals surface area contributed by atoms with E-state index >= 15 is 0 Å². The quantitative estimate of drug-likeness (QED) is 0.561. The van der Waals surface area contributed by atoms with Crippen molar-refractivity contribution in [3.05, 3.63) is 53.3 Å². The van der Waals surface area contributed by atoms with Crippen molar-refractivity contribution < 1.29 is 9.47 Å². The maximum Gasteiger partial charge on any atom is 0.190 e. The minimum atomic E-state index is 0.743. The van der Waals surface area contributed by atoms with Crippen LogP contribution in [-0.4, -0.2) is 45.3 Å². The third kappa shape index (κ3) is 5.95. The highest BCUT2D eigenvalue weighted by molar-refractivity contribution is 5.79. The van der Waals surface area contributed by atoms with Crippen LogP contribution in [0.2, 0.25) is 0 Å². The number of rotatable bonds is 8. The Balaban J connectivity index is 1.75. The lowest BCUT2D eigenvalue weighted by Gasteiger charge is -2.13. The van der Waals surface area contributed by atoms with Crippen molar-refractivity contribution in [2.75, 3.05) is 34.4 Å². The number of methoxy groups -OCH3 is 2. The molecule has 1 aromatic carbocycles. The van der Waals surface area contributed by atoms with Gasteiger partial charge in [0.05, 0.1) is 14.2 Å². The average Bonchev–Trinajstić information content (AvgIpc) is 2.68. The fourth-order valence-corrected chi connectivity index (χ4v) is 2.55. The van der Waals surface area contributed by atoms with E-state index in [4.69, 9.17) is 9.47 Å². The van der Waals surface area contributed by atoms with Gasteiger partial charge >= 0.3 is 0 Å². The second kappa shape index (κ2) is 10.3. The van der Waals surface area contributed by atoms with E-state index in [9.17, 15) is 0 Å². The fraction of sp³-hybridized carbons (Fsp3) is 0.400. The molecule has 0 saturated heterocycles. The van der Waals surface area contributed by atoms with Gasteiger partial charge in [-0.05, 0) is 49.1 Å². The summed E-state index contributed by atoms with van der Waals surface area (Å²) in [5, 5.41) is 6.66. The molecule has 6 nitrogen and oxygen atoms in total. The summed E-state index contributed by atoms with van der Waals surface area (Å²) in [6.45, 7) is 3.58. The van der Waals surface area contributed by atoms with E-state index in [1.807, 2.05) is 37.4 Å². The second-order valence-corrected chi connectivity index (χ2v) is 5.92. The number of pyridine rings is 1. The number of benzene rings is 1. The molecule has 26 heavy (non-hydrogen) atoms. The molecule has 0 fully saturated rings. The number of nitrogens with zero attached hydrogens (tertiary/aromatic N) is 2. The summed E-state index contributed by atoms with van der Waals surface area (Å²) in [6, 6.07) is 10.1. The Kier molecular flexibility index (Phi) is 7.74. The Morgan fingerprint density at radius 1 is 0.962 bits per heavy atom. The molecule has 2 N–H and O–H groups in total. The van der Waals surface area contributed by atoms with Gasteiger partial charge in [-0.25, -0.2) is 0 Å². The van der Waals surface area contributed by atoms with Gasteiger partial charge in [-0.2, -0.15) is 0 Å². The average molecular weight is 356 g/mol. The molecule has 0 aliphatic carbocycles. The molecule has 0 bridgehead atoms. The molecule has 0 unspecified atom stereocenters. The zero-order valence-corrected chi connectivity index (χ0v) is 16.0. The number of aromatic nitrogens is 1. The van der Waals surface area contributed by atoms with Crippen LogP contribution in [0.25, 0.3) is 0 Å². The summed E-state index contributed by atoms with van der Waals surface area (Å²) >= 11 is 0. The van der Waals surface area contributed by atoms with Gasteiger partial charge in [0, 0.05) is 32.0 Å². The Bertz CT molecular complexity index is 714. The summed E-state index contributed by atoms with van der Waals surface area (Å²) in [4.78, 5) is 8.57. The molecular formula is C20H28N4O2. The SMILES string of the molecule is CN=C(NCCc1ccc(C)nc1)NCCc1ccc(OC)c(OC)c1. The van der Waals surface area contributed by atoms with Gasteiger partial charge in [-0.15, -0.1) is 0 Å².